The number of hydrogen-bond acceptors (Lipinski definition) is 6. The molecule has 2 aromatic heterocycles. The van der Waals surface area contributed by atoms with Gasteiger partial charge >= 0.3 is 0 Å². The monoisotopic (exact) mass is 383 g/mol. The summed E-state index contributed by atoms with van der Waals surface area (Å²) >= 11 is 2.85. The molecule has 0 aliphatic rings. The van der Waals surface area contributed by atoms with Gasteiger partial charge in [-0.2, -0.15) is 0 Å². The zero-order valence-corrected chi connectivity index (χ0v) is 16.0. The van der Waals surface area contributed by atoms with Crippen LogP contribution in [-0.4, -0.2) is 27.6 Å². The predicted octanol–water partition coefficient (Wildman–Crippen LogP) is 3.37. The second-order valence-corrected chi connectivity index (χ2v) is 7.35. The maximum absolute atomic E-state index is 12.4. The van der Waals surface area contributed by atoms with Crippen molar-refractivity contribution in [3.63, 3.8) is 0 Å². The molecule has 132 valence electrons. The zero-order valence-electron chi connectivity index (χ0n) is 14.4. The van der Waals surface area contributed by atoms with Crippen LogP contribution in [0.3, 0.4) is 0 Å². The van der Waals surface area contributed by atoms with Gasteiger partial charge in [-0.05, 0) is 37.4 Å². The van der Waals surface area contributed by atoms with Gasteiger partial charge in [-0.1, -0.05) is 5.92 Å². The fraction of sp³-hybridized carbons (Fsp3) is 0.211. The number of fused-ring (bicyclic) bond motifs is 1. The highest BCUT2D eigenvalue weighted by molar-refractivity contribution is 7.99. The minimum Gasteiger partial charge on any atom is -0.470 e. The Hall–Kier alpha value is -2.56. The Labute approximate surface area is 160 Å². The van der Waals surface area contributed by atoms with Crippen molar-refractivity contribution in [2.45, 2.75) is 18.9 Å². The molecule has 0 saturated heterocycles. The molecule has 0 bridgehead atoms. The molecule has 0 spiro atoms. The van der Waals surface area contributed by atoms with E-state index in [1.165, 1.54) is 23.1 Å². The summed E-state index contributed by atoms with van der Waals surface area (Å²) in [6.45, 7) is 2.32. The van der Waals surface area contributed by atoms with E-state index in [0.29, 0.717) is 17.9 Å². The first-order valence-corrected chi connectivity index (χ1v) is 10.0. The second kappa shape index (κ2) is 8.21. The summed E-state index contributed by atoms with van der Waals surface area (Å²) in [6.07, 6.45) is 8.91. The summed E-state index contributed by atoms with van der Waals surface area (Å²) < 4.78 is 5.86. The van der Waals surface area contributed by atoms with E-state index in [1.54, 1.807) is 12.3 Å². The number of nitrogens with one attached hydrogen (secondary N) is 1. The molecule has 0 aliphatic heterocycles. The van der Waals surface area contributed by atoms with Crippen LogP contribution in [0, 0.1) is 19.3 Å². The number of carbonyl (C=O) groups is 1. The average molecular weight is 383 g/mol. The highest BCUT2D eigenvalue weighted by atomic mass is 32.2. The number of carbonyl (C=O) groups excluding carboxylic acids is 1. The molecule has 0 saturated carbocycles. The van der Waals surface area contributed by atoms with E-state index < -0.39 is 5.44 Å². The van der Waals surface area contributed by atoms with Gasteiger partial charge in [0, 0.05) is 28.2 Å². The van der Waals surface area contributed by atoms with Crippen molar-refractivity contribution < 1.29 is 9.53 Å². The maximum atomic E-state index is 12.4. The van der Waals surface area contributed by atoms with Crippen molar-refractivity contribution in [3.8, 4) is 18.1 Å². The number of rotatable bonds is 6. The van der Waals surface area contributed by atoms with Gasteiger partial charge in [-0.3, -0.25) is 9.78 Å². The van der Waals surface area contributed by atoms with Gasteiger partial charge in [0.15, 0.2) is 0 Å². The van der Waals surface area contributed by atoms with Crippen molar-refractivity contribution in [1.29, 1.82) is 0 Å². The topological polar surface area (TPSA) is 64.1 Å². The van der Waals surface area contributed by atoms with Gasteiger partial charge in [0.05, 0.1) is 12.1 Å². The third-order valence-electron chi connectivity index (χ3n) is 3.57. The van der Waals surface area contributed by atoms with Gasteiger partial charge in [-0.15, -0.1) is 29.5 Å². The number of hydrogen-bond donors (Lipinski definition) is 1. The highest BCUT2D eigenvalue weighted by Gasteiger charge is 2.19. The molecule has 1 aromatic carbocycles. The Morgan fingerprint density at radius 1 is 1.46 bits per heavy atom. The van der Waals surface area contributed by atoms with E-state index >= 15 is 0 Å². The van der Waals surface area contributed by atoms with Crippen molar-refractivity contribution in [1.82, 2.24) is 15.3 Å². The number of terminal acetylenes is 1. The van der Waals surface area contributed by atoms with Crippen LogP contribution in [0.2, 0.25) is 0 Å². The van der Waals surface area contributed by atoms with Gasteiger partial charge in [0.2, 0.25) is 5.44 Å². The first-order chi connectivity index (χ1) is 12.6. The molecular weight excluding hydrogens is 366 g/mol. The largest absolute Gasteiger partial charge is 0.470 e. The van der Waals surface area contributed by atoms with Crippen molar-refractivity contribution >= 4 is 39.9 Å². The van der Waals surface area contributed by atoms with Gasteiger partial charge in [-0.25, -0.2) is 4.98 Å². The Morgan fingerprint density at radius 3 is 3.00 bits per heavy atom. The minimum absolute atomic E-state index is 0.194. The Bertz CT molecular complexity index is 978. The van der Waals surface area contributed by atoms with Crippen LogP contribution in [0.1, 0.15) is 16.3 Å². The molecule has 0 fully saturated rings. The number of nitrogens with zero attached hydrogens (tertiary/aromatic N) is 2. The number of pyridine rings is 1. The van der Waals surface area contributed by atoms with Crippen molar-refractivity contribution in [3.05, 3.63) is 52.1 Å². The highest BCUT2D eigenvalue weighted by Crippen LogP contribution is 2.23. The standard InChI is InChI=1S/C19H17N3O2S2/c1-4-13-7-14-8-15(5-6-16(14)20-9-13)24-19(25-3)18(23)21-10-17-22-12(2)11-26-17/h1,5-9,11,19H,10H2,2-3H3,(H,21,23). The Balaban J connectivity index is 1.69. The molecule has 1 atom stereocenters. The third kappa shape index (κ3) is 4.34. The quantitative estimate of drug-likeness (QED) is 0.522. The van der Waals surface area contributed by atoms with Crippen LogP contribution in [0.15, 0.2) is 35.8 Å². The van der Waals surface area contributed by atoms with E-state index in [-0.39, 0.29) is 5.91 Å². The maximum Gasteiger partial charge on any atom is 0.272 e. The molecule has 1 unspecified atom stereocenters. The summed E-state index contributed by atoms with van der Waals surface area (Å²) in [4.78, 5) is 21.0. The van der Waals surface area contributed by atoms with Crippen LogP contribution >= 0.6 is 23.1 Å². The first-order valence-electron chi connectivity index (χ1n) is 7.83. The lowest BCUT2D eigenvalue weighted by Gasteiger charge is -2.16. The molecule has 3 rings (SSSR count). The predicted molar refractivity (Wildman–Crippen MR) is 106 cm³/mol. The number of aryl methyl sites for hydroxylation is 1. The van der Waals surface area contributed by atoms with Crippen molar-refractivity contribution in [2.75, 3.05) is 6.26 Å². The second-order valence-electron chi connectivity index (χ2n) is 5.51. The minimum atomic E-state index is -0.655. The molecule has 1 N–H and O–H groups in total. The summed E-state index contributed by atoms with van der Waals surface area (Å²) in [6, 6.07) is 7.35. The number of thioether (sulfide) groups is 1. The van der Waals surface area contributed by atoms with Gasteiger partial charge < -0.3 is 10.1 Å². The summed E-state index contributed by atoms with van der Waals surface area (Å²) in [5.41, 5.74) is 1.82. The van der Waals surface area contributed by atoms with Crippen LogP contribution in [0.25, 0.3) is 10.9 Å². The van der Waals surface area contributed by atoms with Crippen LogP contribution in [0.4, 0.5) is 0 Å². The number of aromatic nitrogens is 2. The molecule has 0 aliphatic carbocycles. The smallest absolute Gasteiger partial charge is 0.272 e. The number of ether oxygens (including phenoxy) is 1. The lowest BCUT2D eigenvalue weighted by molar-refractivity contribution is -0.124. The van der Waals surface area contributed by atoms with E-state index in [4.69, 9.17) is 11.2 Å². The molecule has 26 heavy (non-hydrogen) atoms. The number of amides is 1. The Kier molecular flexibility index (Phi) is 5.76. The Morgan fingerprint density at radius 2 is 2.31 bits per heavy atom. The molecule has 1 amide bonds. The summed E-state index contributed by atoms with van der Waals surface area (Å²) in [7, 11) is 0. The van der Waals surface area contributed by atoms with Crippen molar-refractivity contribution in [2.24, 2.45) is 0 Å². The number of benzene rings is 1. The molecule has 0 radical (unpaired) electrons. The third-order valence-corrected chi connectivity index (χ3v) is 5.28. The molecule has 2 heterocycles. The average Bonchev–Trinajstić information content (AvgIpc) is 3.08. The molecule has 5 nitrogen and oxygen atoms in total. The fourth-order valence-electron chi connectivity index (χ4n) is 2.32. The van der Waals surface area contributed by atoms with E-state index in [1.807, 2.05) is 36.8 Å². The molecular formula is C19H17N3O2S2. The lowest BCUT2D eigenvalue weighted by atomic mass is 10.1. The first kappa shape index (κ1) is 18.2. The van der Waals surface area contributed by atoms with E-state index in [9.17, 15) is 4.79 Å². The molecule has 3 aromatic rings. The van der Waals surface area contributed by atoms with Gasteiger partial charge in [0.1, 0.15) is 10.8 Å². The van der Waals surface area contributed by atoms with E-state index in [0.717, 1.165) is 21.6 Å². The summed E-state index contributed by atoms with van der Waals surface area (Å²) in [5.74, 6) is 2.96. The van der Waals surface area contributed by atoms with E-state index in [2.05, 4.69) is 21.2 Å². The van der Waals surface area contributed by atoms with Crippen LogP contribution in [0.5, 0.6) is 5.75 Å². The fourth-order valence-corrected chi connectivity index (χ4v) is 3.54. The number of thiazole rings is 1. The lowest BCUT2D eigenvalue weighted by Crippen LogP contribution is -2.35. The normalized spacial score (nSPS) is 11.7. The van der Waals surface area contributed by atoms with Gasteiger partial charge in [0.25, 0.3) is 5.91 Å². The zero-order chi connectivity index (χ0) is 18.5. The van der Waals surface area contributed by atoms with Crippen LogP contribution in [-0.2, 0) is 11.3 Å². The summed E-state index contributed by atoms with van der Waals surface area (Å²) in [5, 5.41) is 6.56. The SMILES string of the molecule is C#Cc1cnc2ccc(OC(SC)C(=O)NCc3nc(C)cs3)cc2c1. The van der Waals surface area contributed by atoms with Crippen LogP contribution < -0.4 is 10.1 Å². The molecule has 7 heteroatoms.